The summed E-state index contributed by atoms with van der Waals surface area (Å²) in [6.45, 7) is 1.78. The van der Waals surface area contributed by atoms with Gasteiger partial charge in [0.25, 0.3) is 5.91 Å². The monoisotopic (exact) mass is 269 g/mol. The van der Waals surface area contributed by atoms with E-state index in [9.17, 15) is 9.90 Å². The van der Waals surface area contributed by atoms with Crippen molar-refractivity contribution in [3.63, 3.8) is 0 Å². The van der Waals surface area contributed by atoms with Gasteiger partial charge < -0.3 is 15.7 Å². The fraction of sp³-hybridized carbons (Fsp3) is 0.667. The van der Waals surface area contributed by atoms with Crippen LogP contribution in [-0.4, -0.2) is 40.1 Å². The van der Waals surface area contributed by atoms with Crippen LogP contribution >= 0.6 is 11.3 Å². The van der Waals surface area contributed by atoms with Gasteiger partial charge in [0.05, 0.1) is 17.8 Å². The van der Waals surface area contributed by atoms with Crippen LogP contribution < -0.4 is 5.73 Å². The van der Waals surface area contributed by atoms with E-state index >= 15 is 0 Å². The van der Waals surface area contributed by atoms with Gasteiger partial charge in [0, 0.05) is 7.05 Å². The third-order valence-corrected chi connectivity index (χ3v) is 4.49. The molecule has 5 nitrogen and oxygen atoms in total. The van der Waals surface area contributed by atoms with Crippen LogP contribution in [0.25, 0.3) is 0 Å². The molecule has 1 saturated carbocycles. The van der Waals surface area contributed by atoms with Crippen molar-refractivity contribution in [1.82, 2.24) is 9.88 Å². The molecule has 0 spiro atoms. The summed E-state index contributed by atoms with van der Waals surface area (Å²) in [5, 5.41) is 10.4. The molecular weight excluding hydrogens is 250 g/mol. The Morgan fingerprint density at radius 3 is 2.72 bits per heavy atom. The van der Waals surface area contributed by atoms with Gasteiger partial charge in [-0.2, -0.15) is 0 Å². The number of nitrogens with two attached hydrogens (primary N) is 1. The molecule has 0 saturated heterocycles. The lowest BCUT2D eigenvalue weighted by Gasteiger charge is -2.35. The number of thiazole rings is 1. The molecule has 1 heterocycles. The van der Waals surface area contributed by atoms with Gasteiger partial charge in [-0.05, 0) is 19.8 Å². The molecule has 1 amide bonds. The Morgan fingerprint density at radius 2 is 2.17 bits per heavy atom. The number of aliphatic hydroxyl groups excluding tert-OH is 1. The first kappa shape index (κ1) is 13.3. The van der Waals surface area contributed by atoms with Crippen molar-refractivity contribution in [3.8, 4) is 0 Å². The SMILES string of the molecule is Cc1nc(N)sc1C(=O)N(C)C1CCCCC1O. The first-order chi connectivity index (χ1) is 8.50. The van der Waals surface area contributed by atoms with E-state index in [-0.39, 0.29) is 11.9 Å². The van der Waals surface area contributed by atoms with E-state index in [1.165, 1.54) is 11.3 Å². The topological polar surface area (TPSA) is 79.5 Å². The summed E-state index contributed by atoms with van der Waals surface area (Å²) in [5.74, 6) is -0.0901. The highest BCUT2D eigenvalue weighted by Crippen LogP contribution is 2.26. The fourth-order valence-electron chi connectivity index (χ4n) is 2.47. The van der Waals surface area contributed by atoms with Gasteiger partial charge in [-0.15, -0.1) is 0 Å². The summed E-state index contributed by atoms with van der Waals surface area (Å²) in [6, 6.07) is -0.0889. The maximum absolute atomic E-state index is 12.4. The number of aryl methyl sites for hydroxylation is 1. The molecule has 1 aromatic heterocycles. The summed E-state index contributed by atoms with van der Waals surface area (Å²) in [7, 11) is 1.75. The second-order valence-electron chi connectivity index (χ2n) is 4.80. The van der Waals surface area contributed by atoms with Crippen LogP contribution in [0.2, 0.25) is 0 Å². The molecule has 18 heavy (non-hydrogen) atoms. The normalized spacial score (nSPS) is 23.9. The van der Waals surface area contributed by atoms with E-state index in [2.05, 4.69) is 4.98 Å². The number of nitrogen functional groups attached to an aromatic ring is 1. The van der Waals surface area contributed by atoms with Gasteiger partial charge in [0.15, 0.2) is 5.13 Å². The second-order valence-corrected chi connectivity index (χ2v) is 5.83. The van der Waals surface area contributed by atoms with Gasteiger partial charge in [-0.25, -0.2) is 4.98 Å². The lowest BCUT2D eigenvalue weighted by Crippen LogP contribution is -2.46. The number of rotatable bonds is 2. The number of aromatic nitrogens is 1. The predicted octanol–water partition coefficient (Wildman–Crippen LogP) is 1.41. The number of hydrogen-bond donors (Lipinski definition) is 2. The minimum atomic E-state index is -0.418. The number of amides is 1. The van der Waals surface area contributed by atoms with Crippen LogP contribution in [0.15, 0.2) is 0 Å². The molecule has 0 aliphatic heterocycles. The van der Waals surface area contributed by atoms with Crippen LogP contribution in [0.1, 0.15) is 41.0 Å². The van der Waals surface area contributed by atoms with Crippen molar-refractivity contribution >= 4 is 22.4 Å². The molecule has 3 N–H and O–H groups in total. The highest BCUT2D eigenvalue weighted by Gasteiger charge is 2.31. The van der Waals surface area contributed by atoms with Gasteiger partial charge in [-0.1, -0.05) is 24.2 Å². The molecule has 1 aliphatic carbocycles. The maximum atomic E-state index is 12.4. The Kier molecular flexibility index (Phi) is 3.87. The van der Waals surface area contributed by atoms with Crippen LogP contribution in [0.5, 0.6) is 0 Å². The molecule has 2 unspecified atom stereocenters. The standard InChI is InChI=1S/C12H19N3O2S/c1-7-10(18-12(13)14-7)11(17)15(2)8-5-3-4-6-9(8)16/h8-9,16H,3-6H2,1-2H3,(H2,13,14). The summed E-state index contributed by atoms with van der Waals surface area (Å²) in [4.78, 5) is 18.6. The number of carbonyl (C=O) groups excluding carboxylic acids is 1. The summed E-state index contributed by atoms with van der Waals surface area (Å²) in [6.07, 6.45) is 3.30. The summed E-state index contributed by atoms with van der Waals surface area (Å²) in [5.41, 5.74) is 6.28. The van der Waals surface area contributed by atoms with Crippen molar-refractivity contribution in [2.24, 2.45) is 0 Å². The predicted molar refractivity (Wildman–Crippen MR) is 71.6 cm³/mol. The molecule has 6 heteroatoms. The van der Waals surface area contributed by atoms with Crippen molar-refractivity contribution in [3.05, 3.63) is 10.6 Å². The molecule has 1 fully saturated rings. The Labute approximate surface area is 111 Å². The van der Waals surface area contributed by atoms with Gasteiger partial charge in [0.2, 0.25) is 0 Å². The fourth-order valence-corrected chi connectivity index (χ4v) is 3.29. The minimum Gasteiger partial charge on any atom is -0.391 e. The second kappa shape index (κ2) is 5.24. The highest BCUT2D eigenvalue weighted by molar-refractivity contribution is 7.17. The first-order valence-electron chi connectivity index (χ1n) is 6.19. The number of carbonyl (C=O) groups is 1. The maximum Gasteiger partial charge on any atom is 0.266 e. The molecule has 2 atom stereocenters. The largest absolute Gasteiger partial charge is 0.391 e. The Hall–Kier alpha value is -1.14. The van der Waals surface area contributed by atoms with E-state index < -0.39 is 6.10 Å². The quantitative estimate of drug-likeness (QED) is 0.850. The van der Waals surface area contributed by atoms with Crippen LogP contribution in [0, 0.1) is 6.92 Å². The lowest BCUT2D eigenvalue weighted by molar-refractivity contribution is 0.0270. The lowest BCUT2D eigenvalue weighted by atomic mass is 9.91. The third kappa shape index (κ3) is 2.49. The van der Waals surface area contributed by atoms with E-state index in [0.29, 0.717) is 15.7 Å². The molecule has 2 rings (SSSR count). The number of nitrogens with zero attached hydrogens (tertiary/aromatic N) is 2. The molecular formula is C12H19N3O2S. The highest BCUT2D eigenvalue weighted by atomic mass is 32.1. The third-order valence-electron chi connectivity index (χ3n) is 3.52. The van der Waals surface area contributed by atoms with Crippen molar-refractivity contribution in [2.75, 3.05) is 12.8 Å². The van der Waals surface area contributed by atoms with E-state index in [0.717, 1.165) is 25.7 Å². The molecule has 0 radical (unpaired) electrons. The van der Waals surface area contributed by atoms with Gasteiger partial charge in [0.1, 0.15) is 4.88 Å². The Morgan fingerprint density at radius 1 is 1.50 bits per heavy atom. The molecule has 100 valence electrons. The number of aliphatic hydroxyl groups is 1. The zero-order chi connectivity index (χ0) is 13.3. The van der Waals surface area contributed by atoms with Crippen molar-refractivity contribution in [2.45, 2.75) is 44.8 Å². The Bertz CT molecular complexity index is 447. The molecule has 1 aromatic rings. The van der Waals surface area contributed by atoms with Crippen molar-refractivity contribution in [1.29, 1.82) is 0 Å². The average Bonchev–Trinajstić information content (AvgIpc) is 2.67. The number of likely N-dealkylation sites (N-methyl/N-ethyl adjacent to an activating group) is 1. The molecule has 0 aromatic carbocycles. The van der Waals surface area contributed by atoms with E-state index in [4.69, 9.17) is 5.73 Å². The minimum absolute atomic E-state index is 0.0889. The number of hydrogen-bond acceptors (Lipinski definition) is 5. The van der Waals surface area contributed by atoms with Gasteiger partial charge in [-0.3, -0.25) is 4.79 Å². The van der Waals surface area contributed by atoms with E-state index in [1.807, 2.05) is 0 Å². The Balaban J connectivity index is 2.15. The number of anilines is 1. The molecule has 1 aliphatic rings. The zero-order valence-electron chi connectivity index (χ0n) is 10.7. The van der Waals surface area contributed by atoms with E-state index in [1.54, 1.807) is 18.9 Å². The van der Waals surface area contributed by atoms with Gasteiger partial charge >= 0.3 is 0 Å². The molecule has 0 bridgehead atoms. The zero-order valence-corrected chi connectivity index (χ0v) is 11.5. The van der Waals surface area contributed by atoms with Crippen LogP contribution in [0.4, 0.5) is 5.13 Å². The summed E-state index contributed by atoms with van der Waals surface area (Å²) < 4.78 is 0. The average molecular weight is 269 g/mol. The first-order valence-corrected chi connectivity index (χ1v) is 7.00. The summed E-state index contributed by atoms with van der Waals surface area (Å²) >= 11 is 1.21. The van der Waals surface area contributed by atoms with Crippen LogP contribution in [0.3, 0.4) is 0 Å². The van der Waals surface area contributed by atoms with Crippen molar-refractivity contribution < 1.29 is 9.90 Å². The van der Waals surface area contributed by atoms with Crippen LogP contribution in [-0.2, 0) is 0 Å². The smallest absolute Gasteiger partial charge is 0.266 e.